The zero-order valence-electron chi connectivity index (χ0n) is 10.4. The Hall–Kier alpha value is -1.03. The molecule has 0 aliphatic rings. The van der Waals surface area contributed by atoms with E-state index in [1.807, 2.05) is 17.4 Å². The lowest BCUT2D eigenvalue weighted by Gasteiger charge is -2.12. The summed E-state index contributed by atoms with van der Waals surface area (Å²) in [4.78, 5) is 2.66. The van der Waals surface area contributed by atoms with E-state index < -0.39 is 0 Å². The van der Waals surface area contributed by atoms with Crippen molar-refractivity contribution in [2.24, 2.45) is 0 Å². The Bertz CT molecular complexity index is 538. The van der Waals surface area contributed by atoms with E-state index in [4.69, 9.17) is 11.6 Å². The maximum absolute atomic E-state index is 9.35. The highest BCUT2D eigenvalue weighted by Gasteiger charge is 2.07. The summed E-state index contributed by atoms with van der Waals surface area (Å²) < 4.78 is 0. The molecule has 0 fully saturated rings. The Balaban J connectivity index is 1.97. The van der Waals surface area contributed by atoms with Crippen LogP contribution in [0, 0.1) is 6.92 Å². The number of benzene rings is 1. The van der Waals surface area contributed by atoms with Crippen LogP contribution in [-0.2, 0) is 6.54 Å². The molecule has 0 aliphatic heterocycles. The summed E-state index contributed by atoms with van der Waals surface area (Å²) in [7, 11) is 0. The van der Waals surface area contributed by atoms with Gasteiger partial charge in [0.1, 0.15) is 5.75 Å². The number of hydrogen-bond donors (Lipinski definition) is 2. The van der Waals surface area contributed by atoms with Gasteiger partial charge < -0.3 is 10.4 Å². The second kappa shape index (κ2) is 5.74. The van der Waals surface area contributed by atoms with E-state index in [0.29, 0.717) is 11.1 Å². The van der Waals surface area contributed by atoms with Gasteiger partial charge in [0.15, 0.2) is 0 Å². The van der Waals surface area contributed by atoms with Gasteiger partial charge in [0.25, 0.3) is 0 Å². The van der Waals surface area contributed by atoms with Crippen LogP contribution in [0.25, 0.3) is 0 Å². The van der Waals surface area contributed by atoms with Gasteiger partial charge in [-0.05, 0) is 43.7 Å². The number of nitrogens with one attached hydrogen (secondary N) is 1. The van der Waals surface area contributed by atoms with Crippen molar-refractivity contribution < 1.29 is 5.11 Å². The van der Waals surface area contributed by atoms with Crippen molar-refractivity contribution in [3.05, 3.63) is 50.7 Å². The Morgan fingerprint density at radius 3 is 2.72 bits per heavy atom. The van der Waals surface area contributed by atoms with Crippen LogP contribution in [0.15, 0.2) is 30.3 Å². The van der Waals surface area contributed by atoms with Crippen molar-refractivity contribution in [1.29, 1.82) is 0 Å². The lowest BCUT2D eigenvalue weighted by atomic mass is 10.2. The molecule has 18 heavy (non-hydrogen) atoms. The number of rotatable bonds is 4. The highest BCUT2D eigenvalue weighted by atomic mass is 35.5. The fourth-order valence-corrected chi connectivity index (χ4v) is 2.83. The number of phenolic OH excluding ortho intramolecular Hbond substituents is 1. The summed E-state index contributed by atoms with van der Waals surface area (Å²) in [5.41, 5.74) is 1.07. The van der Waals surface area contributed by atoms with Crippen molar-refractivity contribution in [2.45, 2.75) is 26.4 Å². The fraction of sp³-hybridized carbons (Fsp3) is 0.286. The SMILES string of the molecule is Cc1ccc(C(C)NCc2ccc(O)c(Cl)c2)s1. The van der Waals surface area contributed by atoms with Crippen LogP contribution in [0.5, 0.6) is 5.75 Å². The summed E-state index contributed by atoms with van der Waals surface area (Å²) >= 11 is 7.68. The highest BCUT2D eigenvalue weighted by molar-refractivity contribution is 7.12. The van der Waals surface area contributed by atoms with Crippen LogP contribution >= 0.6 is 22.9 Å². The Morgan fingerprint density at radius 1 is 1.33 bits per heavy atom. The van der Waals surface area contributed by atoms with E-state index in [1.165, 1.54) is 9.75 Å². The van der Waals surface area contributed by atoms with Gasteiger partial charge in [-0.25, -0.2) is 0 Å². The lowest BCUT2D eigenvalue weighted by molar-refractivity contribution is 0.475. The maximum atomic E-state index is 9.35. The van der Waals surface area contributed by atoms with Crippen molar-refractivity contribution in [2.75, 3.05) is 0 Å². The van der Waals surface area contributed by atoms with Crippen molar-refractivity contribution >= 4 is 22.9 Å². The third-order valence-electron chi connectivity index (χ3n) is 2.81. The van der Waals surface area contributed by atoms with Crippen LogP contribution in [0.4, 0.5) is 0 Å². The second-order valence-electron chi connectivity index (χ2n) is 4.34. The summed E-state index contributed by atoms with van der Waals surface area (Å²) in [6.45, 7) is 4.99. The molecule has 1 aromatic heterocycles. The van der Waals surface area contributed by atoms with E-state index in [-0.39, 0.29) is 5.75 Å². The molecule has 2 N–H and O–H groups in total. The molecule has 1 unspecified atom stereocenters. The minimum absolute atomic E-state index is 0.127. The molecule has 0 amide bonds. The first-order valence-corrected chi connectivity index (χ1v) is 7.03. The topological polar surface area (TPSA) is 32.3 Å². The van der Waals surface area contributed by atoms with Gasteiger partial charge in [-0.1, -0.05) is 17.7 Å². The van der Waals surface area contributed by atoms with Gasteiger partial charge in [0.05, 0.1) is 5.02 Å². The van der Waals surface area contributed by atoms with Gasteiger partial charge in [0, 0.05) is 22.3 Å². The number of aromatic hydroxyl groups is 1. The van der Waals surface area contributed by atoms with Crippen LogP contribution in [0.2, 0.25) is 5.02 Å². The molecule has 0 saturated heterocycles. The molecule has 2 aromatic rings. The van der Waals surface area contributed by atoms with E-state index in [0.717, 1.165) is 12.1 Å². The molecule has 2 rings (SSSR count). The number of thiophene rings is 1. The maximum Gasteiger partial charge on any atom is 0.134 e. The second-order valence-corrected chi connectivity index (χ2v) is 6.06. The Labute approximate surface area is 116 Å². The highest BCUT2D eigenvalue weighted by Crippen LogP contribution is 2.25. The van der Waals surface area contributed by atoms with Gasteiger partial charge >= 0.3 is 0 Å². The summed E-state index contributed by atoms with van der Waals surface area (Å²) in [5.74, 6) is 0.127. The molecule has 0 spiro atoms. The number of aryl methyl sites for hydroxylation is 1. The lowest BCUT2D eigenvalue weighted by Crippen LogP contribution is -2.17. The molecule has 0 bridgehead atoms. The van der Waals surface area contributed by atoms with E-state index >= 15 is 0 Å². The predicted octanol–water partition coefficient (Wildman–Crippen LogP) is 4.27. The van der Waals surface area contributed by atoms with E-state index in [2.05, 4.69) is 31.3 Å². The summed E-state index contributed by atoms with van der Waals surface area (Å²) in [5, 5.41) is 13.2. The number of phenols is 1. The Morgan fingerprint density at radius 2 is 2.11 bits per heavy atom. The van der Waals surface area contributed by atoms with E-state index in [1.54, 1.807) is 12.1 Å². The first-order valence-electron chi connectivity index (χ1n) is 5.83. The smallest absolute Gasteiger partial charge is 0.134 e. The molecule has 4 heteroatoms. The molecular formula is C14H16ClNOS. The molecule has 1 aromatic carbocycles. The first kappa shape index (κ1) is 13.4. The third-order valence-corrected chi connectivity index (χ3v) is 4.30. The first-order chi connectivity index (χ1) is 8.56. The molecule has 96 valence electrons. The third kappa shape index (κ3) is 3.25. The molecule has 0 radical (unpaired) electrons. The van der Waals surface area contributed by atoms with Crippen LogP contribution in [0.1, 0.15) is 28.3 Å². The van der Waals surface area contributed by atoms with Crippen LogP contribution < -0.4 is 5.32 Å². The van der Waals surface area contributed by atoms with Crippen LogP contribution in [0.3, 0.4) is 0 Å². The van der Waals surface area contributed by atoms with Gasteiger partial charge in [-0.2, -0.15) is 0 Å². The van der Waals surface area contributed by atoms with Crippen molar-refractivity contribution in [3.63, 3.8) is 0 Å². The molecular weight excluding hydrogens is 266 g/mol. The molecule has 1 heterocycles. The Kier molecular flexibility index (Phi) is 4.27. The average molecular weight is 282 g/mol. The zero-order chi connectivity index (χ0) is 13.1. The molecule has 2 nitrogen and oxygen atoms in total. The largest absolute Gasteiger partial charge is 0.506 e. The normalized spacial score (nSPS) is 12.6. The van der Waals surface area contributed by atoms with Crippen molar-refractivity contribution in [1.82, 2.24) is 5.32 Å². The minimum Gasteiger partial charge on any atom is -0.506 e. The molecule has 0 aliphatic carbocycles. The molecule has 1 atom stereocenters. The number of halogens is 1. The van der Waals surface area contributed by atoms with Crippen LogP contribution in [-0.4, -0.2) is 5.11 Å². The molecule has 0 saturated carbocycles. The zero-order valence-corrected chi connectivity index (χ0v) is 12.0. The number of hydrogen-bond acceptors (Lipinski definition) is 3. The fourth-order valence-electron chi connectivity index (χ4n) is 1.72. The van der Waals surface area contributed by atoms with Gasteiger partial charge in [-0.15, -0.1) is 11.3 Å². The summed E-state index contributed by atoms with van der Waals surface area (Å²) in [6.07, 6.45) is 0. The van der Waals surface area contributed by atoms with E-state index in [9.17, 15) is 5.11 Å². The summed E-state index contributed by atoms with van der Waals surface area (Å²) in [6, 6.07) is 9.89. The van der Waals surface area contributed by atoms with Gasteiger partial charge in [-0.3, -0.25) is 0 Å². The standard InChI is InChI=1S/C14H16ClNOS/c1-9-3-6-14(18-9)10(2)16-8-11-4-5-13(17)12(15)7-11/h3-7,10,16-17H,8H2,1-2H3. The average Bonchev–Trinajstić information content (AvgIpc) is 2.77. The minimum atomic E-state index is 0.127. The van der Waals surface area contributed by atoms with Crippen molar-refractivity contribution in [3.8, 4) is 5.75 Å². The van der Waals surface area contributed by atoms with Gasteiger partial charge in [0.2, 0.25) is 0 Å². The predicted molar refractivity (Wildman–Crippen MR) is 77.4 cm³/mol. The quantitative estimate of drug-likeness (QED) is 0.877. The monoisotopic (exact) mass is 281 g/mol.